The van der Waals surface area contributed by atoms with E-state index < -0.39 is 0 Å². The summed E-state index contributed by atoms with van der Waals surface area (Å²) in [6.07, 6.45) is 3.49. The van der Waals surface area contributed by atoms with Gasteiger partial charge in [0.05, 0.1) is 23.1 Å². The highest BCUT2D eigenvalue weighted by atomic mass is 14.9. The quantitative estimate of drug-likeness (QED) is 0.834. The first-order chi connectivity index (χ1) is 7.67. The molecule has 4 heteroatoms. The normalized spacial score (nSPS) is 10.9. The summed E-state index contributed by atoms with van der Waals surface area (Å²) in [6.45, 7) is 6.12. The average Bonchev–Trinajstić information content (AvgIpc) is 2.32. The Kier molecular flexibility index (Phi) is 2.73. The van der Waals surface area contributed by atoms with E-state index in [0.29, 0.717) is 5.82 Å². The van der Waals surface area contributed by atoms with Crippen LogP contribution in [0.4, 0.5) is 5.82 Å². The highest BCUT2D eigenvalue weighted by Gasteiger charge is 2.09. The van der Waals surface area contributed by atoms with Gasteiger partial charge in [-0.15, -0.1) is 0 Å². The summed E-state index contributed by atoms with van der Waals surface area (Å²) in [5.41, 5.74) is 10.5. The molecule has 0 aliphatic heterocycles. The summed E-state index contributed by atoms with van der Waals surface area (Å²) >= 11 is 0. The molecular weight excluding hydrogens is 200 g/mol. The van der Waals surface area contributed by atoms with E-state index in [9.17, 15) is 0 Å². The zero-order chi connectivity index (χ0) is 11.7. The third-order valence-electron chi connectivity index (χ3n) is 2.81. The van der Waals surface area contributed by atoms with Crippen molar-refractivity contribution in [3.8, 4) is 0 Å². The largest absolute Gasteiger partial charge is 0.383 e. The fourth-order valence-electron chi connectivity index (χ4n) is 1.80. The maximum absolute atomic E-state index is 5.77. The SMILES string of the molecule is CCc1nc2cnc(N)c(C)c2nc1CC. The Hall–Kier alpha value is -1.71. The fourth-order valence-corrected chi connectivity index (χ4v) is 1.80. The molecule has 0 fully saturated rings. The van der Waals surface area contributed by atoms with Crippen LogP contribution in [0.3, 0.4) is 0 Å². The van der Waals surface area contributed by atoms with Crippen molar-refractivity contribution in [1.82, 2.24) is 15.0 Å². The standard InChI is InChI=1S/C12H16N4/c1-4-8-9(5-2)16-11-7(3)12(13)14-6-10(11)15-8/h6H,4-5H2,1-3H3,(H2,13,14). The molecule has 4 nitrogen and oxygen atoms in total. The molecule has 0 saturated heterocycles. The number of aryl methyl sites for hydroxylation is 3. The molecule has 0 atom stereocenters. The first kappa shape index (κ1) is 10.8. The average molecular weight is 216 g/mol. The molecule has 0 amide bonds. The number of nitrogens with zero attached hydrogens (tertiary/aromatic N) is 3. The minimum absolute atomic E-state index is 0.535. The topological polar surface area (TPSA) is 64.7 Å². The Morgan fingerprint density at radius 1 is 1.12 bits per heavy atom. The van der Waals surface area contributed by atoms with Crippen LogP contribution < -0.4 is 5.73 Å². The van der Waals surface area contributed by atoms with Crippen LogP contribution in [0, 0.1) is 6.92 Å². The van der Waals surface area contributed by atoms with Gasteiger partial charge in [0, 0.05) is 5.56 Å². The molecule has 16 heavy (non-hydrogen) atoms. The van der Waals surface area contributed by atoms with Crippen LogP contribution in [0.15, 0.2) is 6.20 Å². The van der Waals surface area contributed by atoms with Crippen LogP contribution in [0.25, 0.3) is 11.0 Å². The molecule has 0 spiro atoms. The number of nitrogen functional groups attached to an aromatic ring is 1. The third-order valence-corrected chi connectivity index (χ3v) is 2.81. The maximum atomic E-state index is 5.77. The Balaban J connectivity index is 2.78. The predicted octanol–water partition coefficient (Wildman–Crippen LogP) is 2.04. The number of hydrogen-bond donors (Lipinski definition) is 1. The lowest BCUT2D eigenvalue weighted by Crippen LogP contribution is -2.03. The molecule has 0 aromatic carbocycles. The van der Waals surface area contributed by atoms with Gasteiger partial charge in [0.15, 0.2) is 0 Å². The molecular formula is C12H16N4. The summed E-state index contributed by atoms with van der Waals surface area (Å²) in [5, 5.41) is 0. The van der Waals surface area contributed by atoms with Crippen LogP contribution in [0.5, 0.6) is 0 Å². The highest BCUT2D eigenvalue weighted by molar-refractivity contribution is 5.80. The van der Waals surface area contributed by atoms with Gasteiger partial charge in [-0.3, -0.25) is 0 Å². The fraction of sp³-hybridized carbons (Fsp3) is 0.417. The van der Waals surface area contributed by atoms with Gasteiger partial charge in [-0.25, -0.2) is 15.0 Å². The zero-order valence-electron chi connectivity index (χ0n) is 9.91. The van der Waals surface area contributed by atoms with Gasteiger partial charge < -0.3 is 5.73 Å². The van der Waals surface area contributed by atoms with E-state index >= 15 is 0 Å². The van der Waals surface area contributed by atoms with Gasteiger partial charge in [0.2, 0.25) is 0 Å². The van der Waals surface area contributed by atoms with Gasteiger partial charge in [-0.2, -0.15) is 0 Å². The molecule has 2 aromatic heterocycles. The monoisotopic (exact) mass is 216 g/mol. The van der Waals surface area contributed by atoms with Crippen LogP contribution in [0.1, 0.15) is 30.8 Å². The Labute approximate surface area is 94.9 Å². The second-order valence-corrected chi connectivity index (χ2v) is 3.83. The summed E-state index contributed by atoms with van der Waals surface area (Å²) in [7, 11) is 0. The molecule has 0 unspecified atom stereocenters. The number of pyridine rings is 1. The van der Waals surface area contributed by atoms with Crippen molar-refractivity contribution in [2.75, 3.05) is 5.73 Å². The lowest BCUT2D eigenvalue weighted by molar-refractivity contribution is 0.927. The van der Waals surface area contributed by atoms with E-state index in [-0.39, 0.29) is 0 Å². The number of hydrogen-bond acceptors (Lipinski definition) is 4. The van der Waals surface area contributed by atoms with Crippen molar-refractivity contribution < 1.29 is 0 Å². The Morgan fingerprint density at radius 3 is 2.38 bits per heavy atom. The first-order valence-corrected chi connectivity index (χ1v) is 5.57. The van der Waals surface area contributed by atoms with Crippen molar-refractivity contribution in [2.24, 2.45) is 0 Å². The molecule has 2 heterocycles. The molecule has 84 valence electrons. The minimum atomic E-state index is 0.535. The van der Waals surface area contributed by atoms with Crippen LogP contribution in [0.2, 0.25) is 0 Å². The molecule has 2 aromatic rings. The molecule has 0 saturated carbocycles. The first-order valence-electron chi connectivity index (χ1n) is 5.57. The number of aromatic nitrogens is 3. The van der Waals surface area contributed by atoms with Gasteiger partial charge >= 0.3 is 0 Å². The van der Waals surface area contributed by atoms with E-state index in [1.807, 2.05) is 6.92 Å². The molecule has 0 radical (unpaired) electrons. The molecule has 0 aliphatic rings. The van der Waals surface area contributed by atoms with E-state index in [2.05, 4.69) is 28.8 Å². The van der Waals surface area contributed by atoms with Crippen molar-refractivity contribution in [1.29, 1.82) is 0 Å². The number of fused-ring (bicyclic) bond motifs is 1. The molecule has 2 rings (SSSR count). The van der Waals surface area contributed by atoms with Gasteiger partial charge in [-0.1, -0.05) is 13.8 Å². The second-order valence-electron chi connectivity index (χ2n) is 3.83. The summed E-state index contributed by atoms with van der Waals surface area (Å²) in [6, 6.07) is 0. The van der Waals surface area contributed by atoms with E-state index in [0.717, 1.165) is 40.8 Å². The zero-order valence-corrected chi connectivity index (χ0v) is 9.91. The molecule has 0 bridgehead atoms. The lowest BCUT2D eigenvalue weighted by Gasteiger charge is -2.08. The predicted molar refractivity (Wildman–Crippen MR) is 65.2 cm³/mol. The van der Waals surface area contributed by atoms with E-state index in [1.165, 1.54) is 0 Å². The maximum Gasteiger partial charge on any atom is 0.128 e. The van der Waals surface area contributed by atoms with Crippen molar-refractivity contribution in [3.63, 3.8) is 0 Å². The van der Waals surface area contributed by atoms with Gasteiger partial charge in [0.25, 0.3) is 0 Å². The minimum Gasteiger partial charge on any atom is -0.383 e. The number of anilines is 1. The van der Waals surface area contributed by atoms with Crippen LogP contribution in [-0.2, 0) is 12.8 Å². The second kappa shape index (κ2) is 4.04. The molecule has 0 aliphatic carbocycles. The van der Waals surface area contributed by atoms with Gasteiger partial charge in [-0.05, 0) is 19.8 Å². The summed E-state index contributed by atoms with van der Waals surface area (Å²) < 4.78 is 0. The van der Waals surface area contributed by atoms with Crippen molar-refractivity contribution in [3.05, 3.63) is 23.1 Å². The Morgan fingerprint density at radius 2 is 1.75 bits per heavy atom. The van der Waals surface area contributed by atoms with E-state index in [1.54, 1.807) is 6.20 Å². The molecule has 2 N–H and O–H groups in total. The summed E-state index contributed by atoms with van der Waals surface area (Å²) in [5.74, 6) is 0.535. The van der Waals surface area contributed by atoms with Crippen LogP contribution in [-0.4, -0.2) is 15.0 Å². The lowest BCUT2D eigenvalue weighted by atomic mass is 10.1. The van der Waals surface area contributed by atoms with E-state index in [4.69, 9.17) is 5.73 Å². The summed E-state index contributed by atoms with van der Waals surface area (Å²) in [4.78, 5) is 13.3. The van der Waals surface area contributed by atoms with Crippen LogP contribution >= 0.6 is 0 Å². The Bertz CT molecular complexity index is 534. The van der Waals surface area contributed by atoms with Crippen molar-refractivity contribution in [2.45, 2.75) is 33.6 Å². The number of rotatable bonds is 2. The smallest absolute Gasteiger partial charge is 0.128 e. The van der Waals surface area contributed by atoms with Gasteiger partial charge in [0.1, 0.15) is 11.3 Å². The number of nitrogens with two attached hydrogens (primary N) is 1. The third kappa shape index (κ3) is 1.60. The van der Waals surface area contributed by atoms with Crippen molar-refractivity contribution >= 4 is 16.9 Å². The highest BCUT2D eigenvalue weighted by Crippen LogP contribution is 2.20.